The maximum absolute atomic E-state index is 11.9. The number of pyridine rings is 1. The molecule has 1 aromatic heterocycles. The van der Waals surface area contributed by atoms with Crippen LogP contribution < -0.4 is 5.32 Å². The molecule has 2 heterocycles. The summed E-state index contributed by atoms with van der Waals surface area (Å²) in [5.74, 6) is 0.170. The van der Waals surface area contributed by atoms with Crippen LogP contribution in [0.25, 0.3) is 0 Å². The summed E-state index contributed by atoms with van der Waals surface area (Å²) in [5, 5.41) is 4.73. The first-order valence-corrected chi connectivity index (χ1v) is 9.69. The van der Waals surface area contributed by atoms with Gasteiger partial charge in [0, 0.05) is 30.9 Å². The van der Waals surface area contributed by atoms with E-state index in [1.807, 2.05) is 12.1 Å². The van der Waals surface area contributed by atoms with Crippen LogP contribution in [0.1, 0.15) is 35.3 Å². The molecule has 2 aromatic rings. The summed E-state index contributed by atoms with van der Waals surface area (Å²) in [7, 11) is 0. The molecular weight excluding hydrogens is 369 g/mol. The third kappa shape index (κ3) is 3.39. The van der Waals surface area contributed by atoms with Crippen LogP contribution in [0.2, 0.25) is 10.0 Å². The van der Waals surface area contributed by atoms with Gasteiger partial charge in [-0.05, 0) is 54.7 Å². The van der Waals surface area contributed by atoms with Crippen molar-refractivity contribution in [3.8, 4) is 0 Å². The van der Waals surface area contributed by atoms with Crippen molar-refractivity contribution in [2.45, 2.75) is 31.8 Å². The van der Waals surface area contributed by atoms with Crippen LogP contribution in [0.3, 0.4) is 0 Å². The van der Waals surface area contributed by atoms with Crippen LogP contribution in [0.4, 0.5) is 0 Å². The van der Waals surface area contributed by atoms with E-state index in [0.717, 1.165) is 36.6 Å². The second-order valence-corrected chi connectivity index (χ2v) is 7.93. The van der Waals surface area contributed by atoms with E-state index in [2.05, 4.69) is 22.3 Å². The smallest absolute Gasteiger partial charge is 0.147 e. The third-order valence-corrected chi connectivity index (χ3v) is 5.79. The number of Topliss-reactive ketones (excluding diaryl/α,β-unsaturated/α-hetero) is 1. The molecule has 0 spiro atoms. The number of aromatic nitrogens is 1. The largest absolute Gasteiger partial charge is 0.305 e. The molecule has 0 saturated carbocycles. The van der Waals surface area contributed by atoms with Crippen molar-refractivity contribution in [3.05, 3.63) is 62.9 Å². The number of nitrogens with zero attached hydrogens (tertiary/aromatic N) is 2. The van der Waals surface area contributed by atoms with Crippen molar-refractivity contribution >= 4 is 29.0 Å². The van der Waals surface area contributed by atoms with Crippen LogP contribution in [-0.2, 0) is 17.6 Å². The molecule has 4 rings (SSSR count). The lowest BCUT2D eigenvalue weighted by atomic mass is 9.95. The van der Waals surface area contributed by atoms with E-state index in [0.29, 0.717) is 11.6 Å². The third-order valence-electron chi connectivity index (χ3n) is 5.35. The number of carbonyl (C=O) groups is 1. The molecule has 2 aliphatic rings. The molecule has 1 aromatic carbocycles. The molecule has 1 aliphatic carbocycles. The van der Waals surface area contributed by atoms with Gasteiger partial charge in [0.15, 0.2) is 0 Å². The number of piperazine rings is 1. The zero-order valence-corrected chi connectivity index (χ0v) is 16.1. The molecule has 2 atom stereocenters. The number of halogens is 2. The number of nitrogens with one attached hydrogen (secondary N) is 1. The number of ketones is 1. The van der Waals surface area contributed by atoms with Crippen molar-refractivity contribution in [2.75, 3.05) is 19.6 Å². The van der Waals surface area contributed by atoms with Crippen molar-refractivity contribution in [2.24, 2.45) is 0 Å². The molecule has 26 heavy (non-hydrogen) atoms. The number of rotatable bonds is 2. The van der Waals surface area contributed by atoms with Gasteiger partial charge in [0.2, 0.25) is 0 Å². The van der Waals surface area contributed by atoms with Crippen LogP contribution >= 0.6 is 23.2 Å². The van der Waals surface area contributed by atoms with Crippen molar-refractivity contribution in [1.29, 1.82) is 0 Å². The molecule has 0 radical (unpaired) electrons. The molecule has 1 fully saturated rings. The molecule has 1 N–H and O–H groups in total. The average molecular weight is 390 g/mol. The Bertz CT molecular complexity index is 801. The monoisotopic (exact) mass is 389 g/mol. The Kier molecular flexibility index (Phi) is 5.02. The number of hydrogen-bond acceptors (Lipinski definition) is 4. The second kappa shape index (κ2) is 7.28. The standard InChI is InChI=1S/C20H21Cl2N3O/c1-12(26)18-11-25(7-6-23-18)20-17-5-4-15(21)8-13(17)2-3-14-9-16(22)10-24-19(14)20/h4-5,8-10,18,20,23H,2-3,6-7,11H2,1H3/t18-,20?/m1/s1. The number of carbonyl (C=O) groups excluding carboxylic acids is 1. The van der Waals surface area contributed by atoms with E-state index in [1.165, 1.54) is 16.7 Å². The Morgan fingerprint density at radius 2 is 1.96 bits per heavy atom. The normalized spacial score (nSPS) is 23.0. The van der Waals surface area contributed by atoms with Gasteiger partial charge in [0.25, 0.3) is 0 Å². The first-order chi connectivity index (χ1) is 12.5. The topological polar surface area (TPSA) is 45.2 Å². The van der Waals surface area contributed by atoms with Crippen LogP contribution in [0, 0.1) is 0 Å². The van der Waals surface area contributed by atoms with E-state index >= 15 is 0 Å². The molecular formula is C20H21Cl2N3O. The fourth-order valence-corrected chi connectivity index (χ4v) is 4.44. The van der Waals surface area contributed by atoms with E-state index in [4.69, 9.17) is 28.2 Å². The summed E-state index contributed by atoms with van der Waals surface area (Å²) in [6.07, 6.45) is 3.51. The Hall–Kier alpha value is -1.46. The summed E-state index contributed by atoms with van der Waals surface area (Å²) >= 11 is 12.5. The first-order valence-electron chi connectivity index (χ1n) is 8.93. The second-order valence-electron chi connectivity index (χ2n) is 7.06. The van der Waals surface area contributed by atoms with E-state index in [-0.39, 0.29) is 17.9 Å². The summed E-state index contributed by atoms with van der Waals surface area (Å²) in [6.45, 7) is 3.96. The lowest BCUT2D eigenvalue weighted by molar-refractivity contribution is -0.120. The predicted octanol–water partition coefficient (Wildman–Crippen LogP) is 3.44. The SMILES string of the molecule is CC(=O)[C@H]1CN(C2c3ccc(Cl)cc3CCc3cc(Cl)cnc32)CCN1. The van der Waals surface area contributed by atoms with Gasteiger partial charge in [-0.3, -0.25) is 14.7 Å². The van der Waals surface area contributed by atoms with Crippen molar-refractivity contribution in [1.82, 2.24) is 15.2 Å². The summed E-state index contributed by atoms with van der Waals surface area (Å²) < 4.78 is 0. The zero-order chi connectivity index (χ0) is 18.3. The Morgan fingerprint density at radius 3 is 2.77 bits per heavy atom. The maximum Gasteiger partial charge on any atom is 0.147 e. The van der Waals surface area contributed by atoms with Crippen molar-refractivity contribution in [3.63, 3.8) is 0 Å². The van der Waals surface area contributed by atoms with Gasteiger partial charge < -0.3 is 5.32 Å². The number of benzene rings is 1. The minimum absolute atomic E-state index is 0.0148. The molecule has 4 nitrogen and oxygen atoms in total. The van der Waals surface area contributed by atoms with Gasteiger partial charge in [0.1, 0.15) is 5.78 Å². The van der Waals surface area contributed by atoms with Crippen LogP contribution in [-0.4, -0.2) is 41.3 Å². The minimum Gasteiger partial charge on any atom is -0.305 e. The molecule has 1 aliphatic heterocycles. The van der Waals surface area contributed by atoms with Gasteiger partial charge in [-0.2, -0.15) is 0 Å². The Morgan fingerprint density at radius 1 is 1.19 bits per heavy atom. The van der Waals surface area contributed by atoms with E-state index < -0.39 is 0 Å². The van der Waals surface area contributed by atoms with Gasteiger partial charge in [0.05, 0.1) is 22.8 Å². The number of fused-ring (bicyclic) bond motifs is 2. The molecule has 0 amide bonds. The molecule has 1 unspecified atom stereocenters. The van der Waals surface area contributed by atoms with Gasteiger partial charge in [-0.1, -0.05) is 29.3 Å². The highest BCUT2D eigenvalue weighted by molar-refractivity contribution is 6.30. The fourth-order valence-electron chi connectivity index (χ4n) is 4.06. The zero-order valence-electron chi connectivity index (χ0n) is 14.6. The van der Waals surface area contributed by atoms with Crippen molar-refractivity contribution < 1.29 is 4.79 Å². The van der Waals surface area contributed by atoms with Crippen LogP contribution in [0.5, 0.6) is 0 Å². The molecule has 1 saturated heterocycles. The first kappa shape index (κ1) is 17.9. The van der Waals surface area contributed by atoms with Gasteiger partial charge in [-0.25, -0.2) is 0 Å². The number of aryl methyl sites for hydroxylation is 2. The minimum atomic E-state index is -0.140. The summed E-state index contributed by atoms with van der Waals surface area (Å²) in [5.41, 5.74) is 4.69. The highest BCUT2D eigenvalue weighted by atomic mass is 35.5. The Labute approximate surface area is 163 Å². The predicted molar refractivity (Wildman–Crippen MR) is 104 cm³/mol. The molecule has 0 bridgehead atoms. The van der Waals surface area contributed by atoms with Crippen LogP contribution in [0.15, 0.2) is 30.5 Å². The van der Waals surface area contributed by atoms with E-state index in [1.54, 1.807) is 13.1 Å². The Balaban J connectivity index is 1.82. The quantitative estimate of drug-likeness (QED) is 0.854. The lowest BCUT2D eigenvalue weighted by Crippen LogP contribution is -2.54. The maximum atomic E-state index is 11.9. The molecule has 136 valence electrons. The lowest BCUT2D eigenvalue weighted by Gasteiger charge is -2.38. The van der Waals surface area contributed by atoms with Gasteiger partial charge >= 0.3 is 0 Å². The molecule has 6 heteroatoms. The summed E-state index contributed by atoms with van der Waals surface area (Å²) in [6, 6.07) is 8.01. The average Bonchev–Trinajstić information content (AvgIpc) is 2.78. The van der Waals surface area contributed by atoms with E-state index in [9.17, 15) is 4.79 Å². The van der Waals surface area contributed by atoms with Gasteiger partial charge in [-0.15, -0.1) is 0 Å². The highest BCUT2D eigenvalue weighted by Gasteiger charge is 2.34. The number of hydrogen-bond donors (Lipinski definition) is 1. The fraction of sp³-hybridized carbons (Fsp3) is 0.400. The highest BCUT2D eigenvalue weighted by Crippen LogP contribution is 2.37. The summed E-state index contributed by atoms with van der Waals surface area (Å²) in [4.78, 5) is 19.0.